The summed E-state index contributed by atoms with van der Waals surface area (Å²) in [6.45, 7) is 3.42. The molecule has 3 saturated heterocycles. The molecule has 1 unspecified atom stereocenters. The van der Waals surface area contributed by atoms with Gasteiger partial charge in [-0.05, 0) is 98.2 Å². The molecule has 19 heteroatoms. The van der Waals surface area contributed by atoms with Crippen molar-refractivity contribution >= 4 is 56.1 Å². The lowest BCUT2D eigenvalue weighted by molar-refractivity contribution is -0.136. The van der Waals surface area contributed by atoms with Gasteiger partial charge in [-0.15, -0.1) is 0 Å². The average molecular weight is 925 g/mol. The van der Waals surface area contributed by atoms with Gasteiger partial charge in [-0.3, -0.25) is 34.1 Å². The number of ketones is 1. The van der Waals surface area contributed by atoms with Crippen molar-refractivity contribution in [3.8, 4) is 16.9 Å². The Balaban J connectivity index is 0.728. The number of hydrogen-bond donors (Lipinski definition) is 3. The molecule has 5 aliphatic rings. The van der Waals surface area contributed by atoms with Gasteiger partial charge in [0.2, 0.25) is 17.6 Å². The maximum atomic E-state index is 15.7. The number of hydrogen-bond acceptors (Lipinski definition) is 10. The third-order valence-corrected chi connectivity index (χ3v) is 15.1. The van der Waals surface area contributed by atoms with Crippen molar-refractivity contribution in [1.82, 2.24) is 29.4 Å². The van der Waals surface area contributed by atoms with E-state index in [9.17, 15) is 32.0 Å². The van der Waals surface area contributed by atoms with Gasteiger partial charge in [-0.2, -0.15) is 12.7 Å². The number of fused-ring (bicyclic) bond motifs is 2. The second kappa shape index (κ2) is 17.5. The first-order chi connectivity index (χ1) is 31.8. The minimum atomic E-state index is -4.36. The summed E-state index contributed by atoms with van der Waals surface area (Å²) < 4.78 is 79.5. The quantitative estimate of drug-likeness (QED) is 0.110. The van der Waals surface area contributed by atoms with Crippen molar-refractivity contribution in [3.05, 3.63) is 107 Å². The van der Waals surface area contributed by atoms with Gasteiger partial charge in [-0.25, -0.2) is 18.2 Å². The summed E-state index contributed by atoms with van der Waals surface area (Å²) in [5.41, 5.74) is 2.66. The molecule has 4 fully saturated rings. The molecule has 1 saturated carbocycles. The number of rotatable bonds is 11. The number of aromatic amines is 1. The molecule has 4 aliphatic heterocycles. The summed E-state index contributed by atoms with van der Waals surface area (Å²) in [6, 6.07) is 16.6. The lowest BCUT2D eigenvalue weighted by Gasteiger charge is -2.42. The number of H-pyrrole nitrogens is 1. The molecule has 344 valence electrons. The predicted molar refractivity (Wildman–Crippen MR) is 238 cm³/mol. The number of piperidine rings is 1. The minimum Gasteiger partial charge on any atom is -0.490 e. The zero-order valence-electron chi connectivity index (χ0n) is 35.8. The van der Waals surface area contributed by atoms with E-state index in [1.165, 1.54) is 6.20 Å². The number of piperazine rings is 1. The number of anilines is 2. The van der Waals surface area contributed by atoms with Crippen molar-refractivity contribution < 1.29 is 45.5 Å². The number of amides is 3. The van der Waals surface area contributed by atoms with Crippen LogP contribution in [0.15, 0.2) is 73.1 Å². The van der Waals surface area contributed by atoms with Crippen LogP contribution in [0.5, 0.6) is 5.75 Å². The summed E-state index contributed by atoms with van der Waals surface area (Å²) in [5.74, 6) is -3.75. The van der Waals surface area contributed by atoms with E-state index < -0.39 is 63.5 Å². The molecule has 1 aliphatic carbocycles. The lowest BCUT2D eigenvalue weighted by atomic mass is 9.91. The van der Waals surface area contributed by atoms with Crippen LogP contribution in [0.1, 0.15) is 76.8 Å². The molecule has 2 aromatic heterocycles. The second-order valence-corrected chi connectivity index (χ2v) is 19.3. The Hall–Kier alpha value is -6.31. The fourth-order valence-corrected chi connectivity index (χ4v) is 11.3. The smallest absolute Gasteiger partial charge is 0.301 e. The maximum Gasteiger partial charge on any atom is 0.301 e. The van der Waals surface area contributed by atoms with Gasteiger partial charge in [0.1, 0.15) is 29.4 Å². The van der Waals surface area contributed by atoms with Crippen molar-refractivity contribution in [2.75, 3.05) is 48.9 Å². The van der Waals surface area contributed by atoms with Crippen LogP contribution in [0.2, 0.25) is 0 Å². The predicted octanol–water partition coefficient (Wildman–Crippen LogP) is 5.71. The molecule has 0 bridgehead atoms. The third kappa shape index (κ3) is 8.39. The van der Waals surface area contributed by atoms with E-state index in [2.05, 4.69) is 31.2 Å². The number of halogens is 3. The molecule has 5 aromatic rings. The second-order valence-electron chi connectivity index (χ2n) is 17.6. The van der Waals surface area contributed by atoms with Crippen molar-refractivity contribution in [1.29, 1.82) is 0 Å². The summed E-state index contributed by atoms with van der Waals surface area (Å²) in [7, 11) is -4.36. The molecule has 66 heavy (non-hydrogen) atoms. The summed E-state index contributed by atoms with van der Waals surface area (Å²) in [5, 5.41) is 2.67. The molecule has 0 spiro atoms. The molecule has 15 nitrogen and oxygen atoms in total. The average Bonchev–Trinajstić information content (AvgIpc) is 4.04. The molecule has 3 aromatic carbocycles. The lowest BCUT2D eigenvalue weighted by Crippen LogP contribution is -2.52. The molecule has 0 radical (unpaired) electrons. The number of nitrogens with one attached hydrogen (secondary N) is 3. The Bertz CT molecular complexity index is 2860. The normalized spacial score (nSPS) is 23.0. The summed E-state index contributed by atoms with van der Waals surface area (Å²) in [4.78, 5) is 64.8. The van der Waals surface area contributed by atoms with Crippen molar-refractivity contribution in [2.24, 2.45) is 0 Å². The Kier molecular flexibility index (Phi) is 11.5. The highest BCUT2D eigenvalue weighted by Gasteiger charge is 2.40. The number of carbonyl (C=O) groups is 4. The highest BCUT2D eigenvalue weighted by molar-refractivity contribution is 7.90. The number of alkyl halides is 1. The molecular formula is C47H47F3N8O7S. The number of ether oxygens (including phenoxy) is 1. The van der Waals surface area contributed by atoms with Crippen LogP contribution in [0.25, 0.3) is 22.2 Å². The van der Waals surface area contributed by atoms with Gasteiger partial charge in [0.05, 0.1) is 17.4 Å². The van der Waals surface area contributed by atoms with Crippen LogP contribution in [0.4, 0.5) is 24.5 Å². The fourth-order valence-electron chi connectivity index (χ4n) is 9.98. The van der Waals surface area contributed by atoms with Crippen LogP contribution >= 0.6 is 0 Å². The number of aromatic nitrogens is 2. The van der Waals surface area contributed by atoms with Gasteiger partial charge in [-0.1, -0.05) is 12.1 Å². The minimum absolute atomic E-state index is 0.000515. The Labute approximate surface area is 378 Å². The van der Waals surface area contributed by atoms with Crippen molar-refractivity contribution in [3.63, 3.8) is 0 Å². The van der Waals surface area contributed by atoms with Gasteiger partial charge < -0.3 is 19.5 Å². The summed E-state index contributed by atoms with van der Waals surface area (Å²) >= 11 is 0. The van der Waals surface area contributed by atoms with E-state index in [4.69, 9.17) is 4.74 Å². The van der Waals surface area contributed by atoms with Gasteiger partial charge in [0, 0.05) is 98.4 Å². The highest BCUT2D eigenvalue weighted by atomic mass is 32.2. The van der Waals surface area contributed by atoms with E-state index in [0.717, 1.165) is 85.1 Å². The monoisotopic (exact) mass is 924 g/mol. The van der Waals surface area contributed by atoms with Gasteiger partial charge >= 0.3 is 10.2 Å². The van der Waals surface area contributed by atoms with Gasteiger partial charge in [0.25, 0.3) is 5.91 Å². The van der Waals surface area contributed by atoms with Crippen molar-refractivity contribution in [2.45, 2.75) is 75.8 Å². The Morgan fingerprint density at radius 2 is 1.64 bits per heavy atom. The number of nitrogens with zero attached hydrogens (tertiary/aromatic N) is 5. The third-order valence-electron chi connectivity index (χ3n) is 13.6. The Morgan fingerprint density at radius 1 is 0.864 bits per heavy atom. The number of benzene rings is 3. The molecule has 10 rings (SSSR count). The van der Waals surface area contributed by atoms with E-state index in [1.54, 1.807) is 17.2 Å². The first-order valence-electron chi connectivity index (χ1n) is 22.2. The maximum absolute atomic E-state index is 15.7. The molecule has 3 amide bonds. The number of carbonyl (C=O) groups excluding carboxylic acids is 4. The Morgan fingerprint density at radius 3 is 2.36 bits per heavy atom. The van der Waals surface area contributed by atoms with Crippen LogP contribution in [-0.4, -0.2) is 120 Å². The largest absolute Gasteiger partial charge is 0.490 e. The van der Waals surface area contributed by atoms with Crippen LogP contribution in [-0.2, 0) is 26.3 Å². The topological polar surface area (TPSA) is 177 Å². The summed E-state index contributed by atoms with van der Waals surface area (Å²) in [6.07, 6.45) is 6.03. The molecule has 3 N–H and O–H groups in total. The first-order valence-corrected chi connectivity index (χ1v) is 23.7. The van der Waals surface area contributed by atoms with E-state index in [1.807, 2.05) is 41.1 Å². The standard InChI is InChI=1S/C47H47F3N8O7S/c48-30-15-16-57(26-30)66(63,64)54-39-12-11-38(49)42(43(39)50)44(60)37-24-52-45-36(37)22-28(23-51-45)27-1-6-33(7-2-27)65-34-8-3-31(4-9-34)55-17-19-56(20-18-55)32-5-10-35-29(21-32)25-58(47(35)62)40-13-14-41(59)53-46(40)61/h1-2,5-7,10-12,21-24,30-31,34,40,54H,3-4,8-9,13-20,25-26H2,(H,51,52)(H,53,59,61)/t30-,31?,34?,40?/m1/s1. The molecule has 6 heterocycles. The zero-order chi connectivity index (χ0) is 45.9. The van der Waals surface area contributed by atoms with E-state index in [0.29, 0.717) is 46.9 Å². The van der Waals surface area contributed by atoms with Crippen LogP contribution in [0, 0.1) is 11.6 Å². The zero-order valence-corrected chi connectivity index (χ0v) is 36.6. The van der Waals surface area contributed by atoms with Crippen LogP contribution < -0.4 is 19.7 Å². The fraction of sp³-hybridized carbons (Fsp3) is 0.383. The number of pyridine rings is 1. The first kappa shape index (κ1) is 43.6. The number of imide groups is 1. The van der Waals surface area contributed by atoms with Crippen LogP contribution in [0.3, 0.4) is 0 Å². The SMILES string of the molecule is O=C1CCC(N2Cc3cc(N4CCN(C5CCC(Oc6ccc(-c7cnc8[nH]cc(C(=O)c9c(F)ccc(NS(=O)(=O)N%10CC[C@@H](F)C%10)c9F)c8c7)cc6)CC5)CC4)ccc3C2=O)C(=O)N1. The molecular weight excluding hydrogens is 878 g/mol. The van der Waals surface area contributed by atoms with Gasteiger partial charge in [0.15, 0.2) is 5.82 Å². The van der Waals surface area contributed by atoms with E-state index >= 15 is 8.78 Å². The van der Waals surface area contributed by atoms with E-state index in [-0.39, 0.29) is 42.9 Å². The molecule has 2 atom stereocenters. The highest BCUT2D eigenvalue weighted by Crippen LogP contribution is 2.35.